The first-order valence-corrected chi connectivity index (χ1v) is 5.18. The molecule has 2 N–H and O–H groups in total. The summed E-state index contributed by atoms with van der Waals surface area (Å²) in [5.41, 5.74) is 7.82. The molecule has 0 atom stereocenters. The molecule has 2 rings (SSSR count). The lowest BCUT2D eigenvalue weighted by atomic mass is 10.1. The van der Waals surface area contributed by atoms with Gasteiger partial charge in [-0.15, -0.1) is 0 Å². The molecule has 0 aliphatic heterocycles. The van der Waals surface area contributed by atoms with Crippen LogP contribution < -0.4 is 5.73 Å². The summed E-state index contributed by atoms with van der Waals surface area (Å²) in [6, 6.07) is 10.3. The highest BCUT2D eigenvalue weighted by molar-refractivity contribution is 5.61. The van der Waals surface area contributed by atoms with E-state index < -0.39 is 0 Å². The van der Waals surface area contributed by atoms with Crippen LogP contribution in [-0.2, 0) is 6.54 Å². The Morgan fingerprint density at radius 3 is 2.67 bits per heavy atom. The molecule has 0 amide bonds. The molecule has 0 saturated heterocycles. The fourth-order valence-electron chi connectivity index (χ4n) is 1.52. The minimum absolute atomic E-state index is 0.709. The largest absolute Gasteiger partial charge is 0.330 e. The average Bonchev–Trinajstić information content (AvgIpc) is 2.76. The van der Waals surface area contributed by atoms with E-state index in [-0.39, 0.29) is 0 Å². The van der Waals surface area contributed by atoms with Crippen molar-refractivity contribution >= 4 is 0 Å². The lowest BCUT2D eigenvalue weighted by molar-refractivity contribution is 0.585. The number of benzene rings is 1. The van der Waals surface area contributed by atoms with Gasteiger partial charge in [0.15, 0.2) is 0 Å². The van der Waals surface area contributed by atoms with Crippen molar-refractivity contribution in [3.05, 3.63) is 42.7 Å². The molecule has 2 aromatic rings. The zero-order chi connectivity index (χ0) is 10.5. The maximum Gasteiger partial charge on any atom is 0.0568 e. The van der Waals surface area contributed by atoms with Gasteiger partial charge in [-0.05, 0) is 18.5 Å². The Labute approximate surface area is 89.5 Å². The first-order valence-electron chi connectivity index (χ1n) is 5.18. The van der Waals surface area contributed by atoms with Crippen molar-refractivity contribution in [2.24, 2.45) is 5.73 Å². The number of aryl methyl sites for hydroxylation is 1. The van der Waals surface area contributed by atoms with E-state index in [9.17, 15) is 0 Å². The molecule has 0 aliphatic carbocycles. The lowest BCUT2D eigenvalue weighted by Crippen LogP contribution is -2.05. The van der Waals surface area contributed by atoms with Crippen molar-refractivity contribution in [2.45, 2.75) is 13.0 Å². The maximum absolute atomic E-state index is 5.45. The van der Waals surface area contributed by atoms with E-state index in [2.05, 4.69) is 23.4 Å². The van der Waals surface area contributed by atoms with E-state index in [1.54, 1.807) is 0 Å². The number of aromatic nitrogens is 2. The number of nitrogens with two attached hydrogens (primary N) is 1. The summed E-state index contributed by atoms with van der Waals surface area (Å²) in [5, 5.41) is 4.29. The Balaban J connectivity index is 2.14. The van der Waals surface area contributed by atoms with Gasteiger partial charge >= 0.3 is 0 Å². The highest BCUT2D eigenvalue weighted by Crippen LogP contribution is 2.17. The van der Waals surface area contributed by atoms with Gasteiger partial charge in [0.05, 0.1) is 6.20 Å². The van der Waals surface area contributed by atoms with E-state index in [1.165, 1.54) is 5.56 Å². The predicted octanol–water partition coefficient (Wildman–Crippen LogP) is 1.90. The smallest absolute Gasteiger partial charge is 0.0568 e. The molecule has 0 unspecified atom stereocenters. The number of hydrogen-bond donors (Lipinski definition) is 1. The van der Waals surface area contributed by atoms with Crippen LogP contribution in [0.25, 0.3) is 11.1 Å². The van der Waals surface area contributed by atoms with E-state index in [4.69, 9.17) is 5.73 Å². The molecule has 1 aromatic heterocycles. The molecule has 0 saturated carbocycles. The molecule has 3 heteroatoms. The van der Waals surface area contributed by atoms with Crippen molar-refractivity contribution < 1.29 is 0 Å². The summed E-state index contributed by atoms with van der Waals surface area (Å²) in [5.74, 6) is 0. The Kier molecular flexibility index (Phi) is 3.15. The number of nitrogens with zero attached hydrogens (tertiary/aromatic N) is 2. The first-order chi connectivity index (χ1) is 7.40. The highest BCUT2D eigenvalue weighted by Gasteiger charge is 1.99. The van der Waals surface area contributed by atoms with Crippen LogP contribution in [0.15, 0.2) is 42.7 Å². The Hall–Kier alpha value is -1.61. The normalized spacial score (nSPS) is 10.5. The van der Waals surface area contributed by atoms with E-state index in [0.717, 1.165) is 18.5 Å². The molecular weight excluding hydrogens is 186 g/mol. The van der Waals surface area contributed by atoms with Gasteiger partial charge in [-0.25, -0.2) is 0 Å². The summed E-state index contributed by atoms with van der Waals surface area (Å²) in [4.78, 5) is 0. The summed E-state index contributed by atoms with van der Waals surface area (Å²) >= 11 is 0. The topological polar surface area (TPSA) is 43.8 Å². The second-order valence-electron chi connectivity index (χ2n) is 3.50. The first kappa shape index (κ1) is 9.93. The van der Waals surface area contributed by atoms with Crippen molar-refractivity contribution in [1.82, 2.24) is 9.78 Å². The van der Waals surface area contributed by atoms with Gasteiger partial charge in [-0.3, -0.25) is 4.68 Å². The molecule has 0 radical (unpaired) electrons. The third-order valence-electron chi connectivity index (χ3n) is 2.33. The monoisotopic (exact) mass is 201 g/mol. The third-order valence-corrected chi connectivity index (χ3v) is 2.33. The maximum atomic E-state index is 5.45. The summed E-state index contributed by atoms with van der Waals surface area (Å²) in [7, 11) is 0. The molecule has 1 heterocycles. The zero-order valence-corrected chi connectivity index (χ0v) is 8.63. The Morgan fingerprint density at radius 2 is 1.93 bits per heavy atom. The number of rotatable bonds is 4. The van der Waals surface area contributed by atoms with Crippen molar-refractivity contribution in [2.75, 3.05) is 6.54 Å². The minimum Gasteiger partial charge on any atom is -0.330 e. The van der Waals surface area contributed by atoms with Gasteiger partial charge in [-0.1, -0.05) is 30.3 Å². The van der Waals surface area contributed by atoms with Gasteiger partial charge in [0.25, 0.3) is 0 Å². The van der Waals surface area contributed by atoms with E-state index in [0.29, 0.717) is 6.54 Å². The fourth-order valence-corrected chi connectivity index (χ4v) is 1.52. The third kappa shape index (κ3) is 2.44. The van der Waals surface area contributed by atoms with Gasteiger partial charge in [0.1, 0.15) is 0 Å². The molecular formula is C12H15N3. The second kappa shape index (κ2) is 4.75. The predicted molar refractivity (Wildman–Crippen MR) is 61.3 cm³/mol. The van der Waals surface area contributed by atoms with Crippen molar-refractivity contribution in [3.8, 4) is 11.1 Å². The van der Waals surface area contributed by atoms with Crippen LogP contribution in [0.5, 0.6) is 0 Å². The average molecular weight is 201 g/mol. The standard InChI is InChI=1S/C12H15N3/c13-7-4-8-15-10-12(9-14-15)11-5-2-1-3-6-11/h1-3,5-6,9-10H,4,7-8,13H2. The summed E-state index contributed by atoms with van der Waals surface area (Å²) < 4.78 is 1.94. The lowest BCUT2D eigenvalue weighted by Gasteiger charge is -1.98. The molecule has 1 aromatic carbocycles. The van der Waals surface area contributed by atoms with Crippen LogP contribution in [0.2, 0.25) is 0 Å². The van der Waals surface area contributed by atoms with Crippen molar-refractivity contribution in [1.29, 1.82) is 0 Å². The van der Waals surface area contributed by atoms with Gasteiger partial charge in [0, 0.05) is 18.3 Å². The molecule has 0 bridgehead atoms. The van der Waals surface area contributed by atoms with Crippen LogP contribution >= 0.6 is 0 Å². The Bertz CT molecular complexity index is 406. The summed E-state index contributed by atoms with van der Waals surface area (Å²) in [6.07, 6.45) is 4.92. The van der Waals surface area contributed by atoms with Crippen LogP contribution in [0.3, 0.4) is 0 Å². The van der Waals surface area contributed by atoms with Crippen LogP contribution in [-0.4, -0.2) is 16.3 Å². The molecule has 0 aliphatic rings. The Morgan fingerprint density at radius 1 is 1.13 bits per heavy atom. The fraction of sp³-hybridized carbons (Fsp3) is 0.250. The quantitative estimate of drug-likeness (QED) is 0.821. The van der Waals surface area contributed by atoms with Crippen molar-refractivity contribution in [3.63, 3.8) is 0 Å². The molecule has 0 fully saturated rings. The SMILES string of the molecule is NCCCn1cc(-c2ccccc2)cn1. The molecule has 78 valence electrons. The zero-order valence-electron chi connectivity index (χ0n) is 8.63. The number of hydrogen-bond acceptors (Lipinski definition) is 2. The van der Waals surface area contributed by atoms with Gasteiger partial charge < -0.3 is 5.73 Å². The van der Waals surface area contributed by atoms with E-state index >= 15 is 0 Å². The van der Waals surface area contributed by atoms with E-state index in [1.807, 2.05) is 29.1 Å². The second-order valence-corrected chi connectivity index (χ2v) is 3.50. The summed E-state index contributed by atoms with van der Waals surface area (Å²) in [6.45, 7) is 1.60. The minimum atomic E-state index is 0.709. The molecule has 15 heavy (non-hydrogen) atoms. The van der Waals surface area contributed by atoms with Gasteiger partial charge in [0.2, 0.25) is 0 Å². The molecule has 3 nitrogen and oxygen atoms in total. The highest BCUT2D eigenvalue weighted by atomic mass is 15.3. The van der Waals surface area contributed by atoms with Gasteiger partial charge in [-0.2, -0.15) is 5.10 Å². The molecule has 0 spiro atoms. The van der Waals surface area contributed by atoms with Crippen LogP contribution in [0, 0.1) is 0 Å². The van der Waals surface area contributed by atoms with Crippen LogP contribution in [0.1, 0.15) is 6.42 Å². The van der Waals surface area contributed by atoms with Crippen LogP contribution in [0.4, 0.5) is 0 Å².